The van der Waals surface area contributed by atoms with Crippen LogP contribution in [0.5, 0.6) is 0 Å². The molecular formula is C10H18N2O3. The molecule has 5 nitrogen and oxygen atoms in total. The zero-order valence-electron chi connectivity index (χ0n) is 9.03. The summed E-state index contributed by atoms with van der Waals surface area (Å²) in [5.41, 5.74) is -0.655. The van der Waals surface area contributed by atoms with E-state index in [1.807, 2.05) is 6.92 Å². The molecule has 1 atom stereocenters. The SMILES string of the molecule is CCC1(O)CN(C(=O)C2CNCCO2)C1. The average Bonchev–Trinajstić information content (AvgIpc) is 2.25. The van der Waals surface area contributed by atoms with Crippen LogP contribution in [-0.2, 0) is 9.53 Å². The normalized spacial score (nSPS) is 29.7. The maximum absolute atomic E-state index is 11.8. The Morgan fingerprint density at radius 3 is 2.93 bits per heavy atom. The topological polar surface area (TPSA) is 61.8 Å². The van der Waals surface area contributed by atoms with E-state index in [-0.39, 0.29) is 12.0 Å². The van der Waals surface area contributed by atoms with Crippen LogP contribution in [0.15, 0.2) is 0 Å². The highest BCUT2D eigenvalue weighted by Gasteiger charge is 2.44. The van der Waals surface area contributed by atoms with Gasteiger partial charge in [-0.05, 0) is 6.42 Å². The highest BCUT2D eigenvalue weighted by molar-refractivity contribution is 5.82. The van der Waals surface area contributed by atoms with E-state index in [1.54, 1.807) is 4.90 Å². The zero-order chi connectivity index (χ0) is 10.9. The van der Waals surface area contributed by atoms with E-state index in [0.29, 0.717) is 32.7 Å². The lowest BCUT2D eigenvalue weighted by molar-refractivity contribution is -0.168. The smallest absolute Gasteiger partial charge is 0.253 e. The minimum Gasteiger partial charge on any atom is -0.386 e. The Balaban J connectivity index is 1.83. The van der Waals surface area contributed by atoms with Gasteiger partial charge in [-0.3, -0.25) is 4.79 Å². The maximum atomic E-state index is 11.8. The summed E-state index contributed by atoms with van der Waals surface area (Å²) in [5, 5.41) is 12.9. The fourth-order valence-electron chi connectivity index (χ4n) is 1.97. The largest absolute Gasteiger partial charge is 0.386 e. The van der Waals surface area contributed by atoms with Crippen molar-refractivity contribution in [1.29, 1.82) is 0 Å². The predicted molar refractivity (Wildman–Crippen MR) is 54.4 cm³/mol. The van der Waals surface area contributed by atoms with Gasteiger partial charge in [0.15, 0.2) is 0 Å². The molecule has 1 amide bonds. The zero-order valence-corrected chi connectivity index (χ0v) is 9.03. The molecule has 5 heteroatoms. The standard InChI is InChI=1S/C10H18N2O3/c1-2-10(14)6-12(7-10)9(13)8-5-11-3-4-15-8/h8,11,14H,2-7H2,1H3. The van der Waals surface area contributed by atoms with Gasteiger partial charge in [0.2, 0.25) is 0 Å². The van der Waals surface area contributed by atoms with E-state index >= 15 is 0 Å². The molecule has 86 valence electrons. The van der Waals surface area contributed by atoms with Gasteiger partial charge in [0.25, 0.3) is 5.91 Å². The number of β-amino-alcohol motifs (C(OH)–C–C–N with tert-alkyl or cyclic N) is 1. The van der Waals surface area contributed by atoms with Crippen molar-refractivity contribution in [3.8, 4) is 0 Å². The second-order valence-corrected chi connectivity index (χ2v) is 4.34. The molecule has 2 heterocycles. The molecule has 0 aromatic heterocycles. The van der Waals surface area contributed by atoms with Crippen molar-refractivity contribution >= 4 is 5.91 Å². The fourth-order valence-corrected chi connectivity index (χ4v) is 1.97. The Hall–Kier alpha value is -0.650. The first kappa shape index (κ1) is 10.9. The Labute approximate surface area is 89.4 Å². The van der Waals surface area contributed by atoms with E-state index in [9.17, 15) is 9.90 Å². The van der Waals surface area contributed by atoms with Crippen LogP contribution in [0.2, 0.25) is 0 Å². The van der Waals surface area contributed by atoms with E-state index in [1.165, 1.54) is 0 Å². The molecular weight excluding hydrogens is 196 g/mol. The van der Waals surface area contributed by atoms with Gasteiger partial charge in [-0.2, -0.15) is 0 Å². The molecule has 2 aliphatic rings. The van der Waals surface area contributed by atoms with Gasteiger partial charge in [0, 0.05) is 13.1 Å². The highest BCUT2D eigenvalue weighted by Crippen LogP contribution is 2.25. The molecule has 15 heavy (non-hydrogen) atoms. The van der Waals surface area contributed by atoms with Crippen LogP contribution in [0.25, 0.3) is 0 Å². The summed E-state index contributed by atoms with van der Waals surface area (Å²) in [6.45, 7) is 4.80. The van der Waals surface area contributed by atoms with Gasteiger partial charge in [-0.1, -0.05) is 6.92 Å². The summed E-state index contributed by atoms with van der Waals surface area (Å²) in [6.07, 6.45) is 0.334. The number of ether oxygens (including phenoxy) is 1. The van der Waals surface area contributed by atoms with Crippen LogP contribution in [0.3, 0.4) is 0 Å². The lowest BCUT2D eigenvalue weighted by Crippen LogP contribution is -2.66. The van der Waals surface area contributed by atoms with E-state index in [0.717, 1.165) is 6.54 Å². The maximum Gasteiger partial charge on any atom is 0.253 e. The van der Waals surface area contributed by atoms with Crippen molar-refractivity contribution in [3.05, 3.63) is 0 Å². The van der Waals surface area contributed by atoms with E-state index in [2.05, 4.69) is 5.32 Å². The quantitative estimate of drug-likeness (QED) is 0.616. The number of carbonyl (C=O) groups is 1. The number of hydrogen-bond acceptors (Lipinski definition) is 4. The molecule has 0 aromatic carbocycles. The number of likely N-dealkylation sites (tertiary alicyclic amines) is 1. The van der Waals surface area contributed by atoms with Crippen LogP contribution < -0.4 is 5.32 Å². The summed E-state index contributed by atoms with van der Waals surface area (Å²) < 4.78 is 5.36. The van der Waals surface area contributed by atoms with Crippen molar-refractivity contribution in [2.24, 2.45) is 0 Å². The molecule has 1 unspecified atom stereocenters. The first-order chi connectivity index (χ1) is 7.14. The molecule has 2 N–H and O–H groups in total. The number of carbonyl (C=O) groups excluding carboxylic acids is 1. The van der Waals surface area contributed by atoms with Crippen molar-refractivity contribution in [2.45, 2.75) is 25.0 Å². The number of amides is 1. The number of aliphatic hydroxyl groups is 1. The number of morpholine rings is 1. The van der Waals surface area contributed by atoms with Crippen LogP contribution in [-0.4, -0.2) is 60.4 Å². The Kier molecular flexibility index (Phi) is 2.95. The number of nitrogens with one attached hydrogen (secondary N) is 1. The van der Waals surface area contributed by atoms with E-state index in [4.69, 9.17) is 4.74 Å². The first-order valence-electron chi connectivity index (χ1n) is 5.48. The second kappa shape index (κ2) is 4.08. The molecule has 0 saturated carbocycles. The number of rotatable bonds is 2. The van der Waals surface area contributed by atoms with Crippen LogP contribution in [0, 0.1) is 0 Å². The van der Waals surface area contributed by atoms with Gasteiger partial charge < -0.3 is 20.1 Å². The summed E-state index contributed by atoms with van der Waals surface area (Å²) in [7, 11) is 0. The van der Waals surface area contributed by atoms with Crippen molar-refractivity contribution in [1.82, 2.24) is 10.2 Å². The predicted octanol–water partition coefficient (Wildman–Crippen LogP) is -1.04. The summed E-state index contributed by atoms with van der Waals surface area (Å²) in [4.78, 5) is 13.5. The lowest BCUT2D eigenvalue weighted by atomic mass is 9.91. The Morgan fingerprint density at radius 2 is 2.40 bits per heavy atom. The minimum absolute atomic E-state index is 0.000301. The summed E-state index contributed by atoms with van der Waals surface area (Å²) in [6, 6.07) is 0. The van der Waals surface area contributed by atoms with Crippen molar-refractivity contribution < 1.29 is 14.6 Å². The Morgan fingerprint density at radius 1 is 1.67 bits per heavy atom. The molecule has 2 saturated heterocycles. The third-order valence-corrected chi connectivity index (χ3v) is 3.14. The van der Waals surface area contributed by atoms with Gasteiger partial charge >= 0.3 is 0 Å². The Bertz CT molecular complexity index is 245. The molecule has 2 aliphatic heterocycles. The minimum atomic E-state index is -0.655. The van der Waals surface area contributed by atoms with Gasteiger partial charge in [-0.15, -0.1) is 0 Å². The molecule has 2 fully saturated rings. The third kappa shape index (κ3) is 2.14. The van der Waals surface area contributed by atoms with Crippen molar-refractivity contribution in [3.63, 3.8) is 0 Å². The molecule has 0 aliphatic carbocycles. The van der Waals surface area contributed by atoms with Crippen molar-refractivity contribution in [2.75, 3.05) is 32.8 Å². The highest BCUT2D eigenvalue weighted by atomic mass is 16.5. The van der Waals surface area contributed by atoms with Gasteiger partial charge in [0.05, 0.1) is 25.3 Å². The third-order valence-electron chi connectivity index (χ3n) is 3.14. The molecule has 0 spiro atoms. The average molecular weight is 214 g/mol. The molecule has 0 aromatic rings. The van der Waals surface area contributed by atoms with Gasteiger partial charge in [-0.25, -0.2) is 0 Å². The number of hydrogen-bond donors (Lipinski definition) is 2. The van der Waals surface area contributed by atoms with E-state index < -0.39 is 5.60 Å². The fraction of sp³-hybridized carbons (Fsp3) is 0.900. The number of nitrogens with zero attached hydrogens (tertiary/aromatic N) is 1. The van der Waals surface area contributed by atoms with Crippen LogP contribution >= 0.6 is 0 Å². The monoisotopic (exact) mass is 214 g/mol. The lowest BCUT2D eigenvalue weighted by Gasteiger charge is -2.47. The molecule has 0 bridgehead atoms. The van der Waals surface area contributed by atoms with Crippen LogP contribution in [0.4, 0.5) is 0 Å². The van der Waals surface area contributed by atoms with Gasteiger partial charge in [0.1, 0.15) is 6.10 Å². The van der Waals surface area contributed by atoms with Crippen LogP contribution in [0.1, 0.15) is 13.3 Å². The molecule has 0 radical (unpaired) electrons. The first-order valence-corrected chi connectivity index (χ1v) is 5.48. The molecule has 2 rings (SSSR count). The summed E-state index contributed by atoms with van der Waals surface area (Å²) in [5.74, 6) is 0.000301. The summed E-state index contributed by atoms with van der Waals surface area (Å²) >= 11 is 0. The second-order valence-electron chi connectivity index (χ2n) is 4.34.